The number of benzene rings is 2. The number of nitrogens with zero attached hydrogens (tertiary/aromatic N) is 2. The molecule has 6 heteroatoms. The zero-order valence-electron chi connectivity index (χ0n) is 15.8. The minimum absolute atomic E-state index is 0.0582. The van der Waals surface area contributed by atoms with Crippen LogP contribution >= 0.6 is 0 Å². The Bertz CT molecular complexity index is 1110. The van der Waals surface area contributed by atoms with Crippen molar-refractivity contribution in [2.24, 2.45) is 0 Å². The summed E-state index contributed by atoms with van der Waals surface area (Å²) in [4.78, 5) is 30.0. The van der Waals surface area contributed by atoms with E-state index in [1.807, 2.05) is 19.0 Å². The van der Waals surface area contributed by atoms with E-state index in [0.29, 0.717) is 28.6 Å². The van der Waals surface area contributed by atoms with Crippen molar-refractivity contribution in [3.8, 4) is 0 Å². The lowest BCUT2D eigenvalue weighted by Gasteiger charge is -2.25. The van der Waals surface area contributed by atoms with Crippen LogP contribution in [0.4, 0.5) is 4.39 Å². The molecule has 1 unspecified atom stereocenters. The summed E-state index contributed by atoms with van der Waals surface area (Å²) in [5.41, 5.74) is 1.00. The molecular formula is C22H21FN2O3. The normalized spacial score (nSPS) is 16.2. The Labute approximate surface area is 162 Å². The van der Waals surface area contributed by atoms with Crippen molar-refractivity contribution in [1.29, 1.82) is 0 Å². The standard InChI is InChI=1S/C22H21FN2O3/c1-24(2)11-6-12-25-19(14-7-5-8-15(23)13-14)18-20(26)16-9-3-4-10-17(16)28-21(18)22(25)27/h3-5,7-10,13,19H,6,11-12H2,1-2H3. The number of fused-ring (bicyclic) bond motifs is 2. The van der Waals surface area contributed by atoms with Gasteiger partial charge in [-0.2, -0.15) is 0 Å². The smallest absolute Gasteiger partial charge is 0.290 e. The van der Waals surface area contributed by atoms with Crippen LogP contribution in [0.3, 0.4) is 0 Å². The Hall–Kier alpha value is -2.99. The van der Waals surface area contributed by atoms with E-state index >= 15 is 0 Å². The molecule has 1 amide bonds. The lowest BCUT2D eigenvalue weighted by Crippen LogP contribution is -2.32. The van der Waals surface area contributed by atoms with Crippen LogP contribution in [0.25, 0.3) is 11.0 Å². The second-order valence-electron chi connectivity index (χ2n) is 7.28. The van der Waals surface area contributed by atoms with E-state index in [1.165, 1.54) is 12.1 Å². The minimum atomic E-state index is -0.652. The predicted octanol–water partition coefficient (Wildman–Crippen LogP) is 3.43. The zero-order valence-corrected chi connectivity index (χ0v) is 15.8. The first-order chi connectivity index (χ1) is 13.5. The lowest BCUT2D eigenvalue weighted by molar-refractivity contribution is 0.0722. The fraction of sp³-hybridized carbons (Fsp3) is 0.273. The Balaban J connectivity index is 1.88. The van der Waals surface area contributed by atoms with Gasteiger partial charge in [-0.15, -0.1) is 0 Å². The second-order valence-corrected chi connectivity index (χ2v) is 7.28. The molecule has 2 aromatic carbocycles. The molecule has 0 aliphatic carbocycles. The van der Waals surface area contributed by atoms with Crippen LogP contribution in [0.15, 0.2) is 57.7 Å². The van der Waals surface area contributed by atoms with Gasteiger partial charge in [-0.25, -0.2) is 4.39 Å². The topological polar surface area (TPSA) is 53.8 Å². The van der Waals surface area contributed by atoms with Gasteiger partial charge in [0, 0.05) is 6.54 Å². The average molecular weight is 380 g/mol. The highest BCUT2D eigenvalue weighted by atomic mass is 19.1. The molecule has 0 saturated heterocycles. The molecule has 3 aromatic rings. The second kappa shape index (κ2) is 7.20. The van der Waals surface area contributed by atoms with Gasteiger partial charge in [-0.05, 0) is 56.9 Å². The maximum Gasteiger partial charge on any atom is 0.290 e. The van der Waals surface area contributed by atoms with Gasteiger partial charge in [0.1, 0.15) is 11.4 Å². The third-order valence-electron chi connectivity index (χ3n) is 5.04. The zero-order chi connectivity index (χ0) is 19.8. The Morgan fingerprint density at radius 3 is 2.64 bits per heavy atom. The molecule has 0 bridgehead atoms. The van der Waals surface area contributed by atoms with E-state index in [-0.39, 0.29) is 17.1 Å². The molecule has 0 fully saturated rings. The van der Waals surface area contributed by atoms with Crippen molar-refractivity contribution in [3.63, 3.8) is 0 Å². The van der Waals surface area contributed by atoms with Crippen LogP contribution < -0.4 is 5.43 Å². The van der Waals surface area contributed by atoms with E-state index in [9.17, 15) is 14.0 Å². The lowest BCUT2D eigenvalue weighted by atomic mass is 9.98. The van der Waals surface area contributed by atoms with Crippen LogP contribution in [0.1, 0.15) is 34.1 Å². The third kappa shape index (κ3) is 3.10. The first-order valence-corrected chi connectivity index (χ1v) is 9.24. The molecular weight excluding hydrogens is 359 g/mol. The fourth-order valence-electron chi connectivity index (χ4n) is 3.78. The highest BCUT2D eigenvalue weighted by Gasteiger charge is 2.42. The van der Waals surface area contributed by atoms with E-state index in [0.717, 1.165) is 13.0 Å². The molecule has 0 radical (unpaired) electrons. The quantitative estimate of drug-likeness (QED) is 0.681. The summed E-state index contributed by atoms with van der Waals surface area (Å²) in [5.74, 6) is -0.675. The van der Waals surface area contributed by atoms with E-state index < -0.39 is 11.9 Å². The van der Waals surface area contributed by atoms with Crippen LogP contribution in [0.5, 0.6) is 0 Å². The maximum absolute atomic E-state index is 13.9. The van der Waals surface area contributed by atoms with Crippen LogP contribution in [-0.4, -0.2) is 42.9 Å². The summed E-state index contributed by atoms with van der Waals surface area (Å²) in [6, 6.07) is 12.3. The number of amides is 1. The van der Waals surface area contributed by atoms with E-state index in [4.69, 9.17) is 4.42 Å². The molecule has 4 rings (SSSR count). The Morgan fingerprint density at radius 1 is 1.11 bits per heavy atom. The first kappa shape index (κ1) is 18.4. The molecule has 2 heterocycles. The van der Waals surface area contributed by atoms with Gasteiger partial charge in [0.15, 0.2) is 5.43 Å². The molecule has 1 atom stereocenters. The van der Waals surface area contributed by atoms with Crippen molar-refractivity contribution < 1.29 is 13.6 Å². The van der Waals surface area contributed by atoms with Crippen molar-refractivity contribution in [1.82, 2.24) is 9.80 Å². The number of hydrogen-bond donors (Lipinski definition) is 0. The van der Waals surface area contributed by atoms with Gasteiger partial charge in [-0.1, -0.05) is 24.3 Å². The summed E-state index contributed by atoms with van der Waals surface area (Å²) >= 11 is 0. The van der Waals surface area contributed by atoms with Gasteiger partial charge in [-0.3, -0.25) is 9.59 Å². The molecule has 1 aromatic heterocycles. The first-order valence-electron chi connectivity index (χ1n) is 9.24. The van der Waals surface area contributed by atoms with Crippen LogP contribution in [0.2, 0.25) is 0 Å². The summed E-state index contributed by atoms with van der Waals surface area (Å²) in [5, 5.41) is 0.422. The SMILES string of the molecule is CN(C)CCCN1C(=O)c2oc3ccccc3c(=O)c2C1c1cccc(F)c1. The van der Waals surface area contributed by atoms with E-state index in [1.54, 1.807) is 41.3 Å². The van der Waals surface area contributed by atoms with Gasteiger partial charge in [0.2, 0.25) is 5.76 Å². The van der Waals surface area contributed by atoms with Gasteiger partial charge in [0.05, 0.1) is 17.0 Å². The van der Waals surface area contributed by atoms with Crippen molar-refractivity contribution in [3.05, 3.63) is 81.5 Å². The van der Waals surface area contributed by atoms with E-state index in [2.05, 4.69) is 0 Å². The highest BCUT2D eigenvalue weighted by molar-refractivity contribution is 5.99. The number of para-hydroxylation sites is 1. The maximum atomic E-state index is 13.9. The molecule has 0 N–H and O–H groups in total. The van der Waals surface area contributed by atoms with Crippen LogP contribution in [0, 0.1) is 5.82 Å². The molecule has 1 aliphatic heterocycles. The summed E-state index contributed by atoms with van der Waals surface area (Å²) in [7, 11) is 3.92. The van der Waals surface area contributed by atoms with Gasteiger partial charge >= 0.3 is 0 Å². The molecule has 0 saturated carbocycles. The van der Waals surface area contributed by atoms with Gasteiger partial charge in [0.25, 0.3) is 5.91 Å². The number of halogens is 1. The largest absolute Gasteiger partial charge is 0.450 e. The molecule has 0 spiro atoms. The Kier molecular flexibility index (Phi) is 4.73. The number of hydrogen-bond acceptors (Lipinski definition) is 4. The summed E-state index contributed by atoms with van der Waals surface area (Å²) in [6.45, 7) is 1.23. The highest BCUT2D eigenvalue weighted by Crippen LogP contribution is 2.38. The summed E-state index contributed by atoms with van der Waals surface area (Å²) in [6.07, 6.45) is 0.728. The molecule has 5 nitrogen and oxygen atoms in total. The monoisotopic (exact) mass is 380 g/mol. The number of carbonyl (C=O) groups is 1. The number of rotatable bonds is 5. The molecule has 144 valence electrons. The van der Waals surface area contributed by atoms with Crippen LogP contribution in [-0.2, 0) is 0 Å². The van der Waals surface area contributed by atoms with Crippen molar-refractivity contribution >= 4 is 16.9 Å². The molecule has 28 heavy (non-hydrogen) atoms. The third-order valence-corrected chi connectivity index (χ3v) is 5.04. The van der Waals surface area contributed by atoms with Crippen molar-refractivity contribution in [2.45, 2.75) is 12.5 Å². The van der Waals surface area contributed by atoms with Crippen molar-refractivity contribution in [2.75, 3.05) is 27.2 Å². The average Bonchev–Trinajstić information content (AvgIpc) is 2.94. The minimum Gasteiger partial charge on any atom is -0.450 e. The van der Waals surface area contributed by atoms with Gasteiger partial charge < -0.3 is 14.2 Å². The number of carbonyl (C=O) groups excluding carboxylic acids is 1. The summed E-state index contributed by atoms with van der Waals surface area (Å²) < 4.78 is 19.8. The molecule has 1 aliphatic rings. The fourth-order valence-corrected chi connectivity index (χ4v) is 3.78. The predicted molar refractivity (Wildman–Crippen MR) is 105 cm³/mol. The Morgan fingerprint density at radius 2 is 1.89 bits per heavy atom.